The average Bonchev–Trinajstić information content (AvgIpc) is 3.06. The number of piperidine rings is 1. The Bertz CT molecular complexity index is 910. The second-order valence-corrected chi connectivity index (χ2v) is 7.07. The molecule has 3 rings (SSSR count). The summed E-state index contributed by atoms with van der Waals surface area (Å²) in [6.45, 7) is 1.46. The minimum absolute atomic E-state index is 0.161. The van der Waals surface area contributed by atoms with Gasteiger partial charge in [-0.25, -0.2) is 9.78 Å². The molecule has 7 nitrogen and oxygen atoms in total. The minimum Gasteiger partial charge on any atom is -0.365 e. The Morgan fingerprint density at radius 2 is 2.15 bits per heavy atom. The van der Waals surface area contributed by atoms with Gasteiger partial charge in [0.15, 0.2) is 0 Å². The number of thiophene rings is 1. The molecule has 0 spiro atoms. The number of anilines is 1. The lowest BCUT2D eigenvalue weighted by atomic mass is 10.1. The van der Waals surface area contributed by atoms with Gasteiger partial charge in [-0.05, 0) is 37.6 Å². The third-order valence-electron chi connectivity index (χ3n) is 4.13. The zero-order chi connectivity index (χ0) is 19.4. The van der Waals surface area contributed by atoms with Crippen molar-refractivity contribution < 1.29 is 14.0 Å². The molecular formula is C18H18FN5O2S. The number of hydrogen-bond acceptors (Lipinski definition) is 5. The van der Waals surface area contributed by atoms with E-state index in [0.717, 1.165) is 30.7 Å². The smallest absolute Gasteiger partial charge is 0.319 e. The molecule has 0 bridgehead atoms. The van der Waals surface area contributed by atoms with Crippen molar-refractivity contribution in [2.75, 3.05) is 18.0 Å². The van der Waals surface area contributed by atoms with Crippen LogP contribution >= 0.6 is 11.3 Å². The lowest BCUT2D eigenvalue weighted by molar-refractivity contribution is 0.100. The molecule has 140 valence electrons. The van der Waals surface area contributed by atoms with Crippen LogP contribution in [0.3, 0.4) is 0 Å². The van der Waals surface area contributed by atoms with E-state index in [2.05, 4.69) is 22.1 Å². The first-order valence-electron chi connectivity index (χ1n) is 8.32. The molecule has 1 fully saturated rings. The molecule has 1 atom stereocenters. The van der Waals surface area contributed by atoms with E-state index in [0.29, 0.717) is 22.7 Å². The van der Waals surface area contributed by atoms with Crippen LogP contribution in [0.4, 0.5) is 14.9 Å². The van der Waals surface area contributed by atoms with Gasteiger partial charge in [-0.3, -0.25) is 9.69 Å². The van der Waals surface area contributed by atoms with Gasteiger partial charge >= 0.3 is 6.03 Å². The third kappa shape index (κ3) is 4.42. The number of primary amides is 2. The molecule has 1 saturated heterocycles. The number of aromatic nitrogens is 1. The Hall–Kier alpha value is -2.96. The molecule has 9 heteroatoms. The topological polar surface area (TPSA) is 114 Å². The van der Waals surface area contributed by atoms with Crippen molar-refractivity contribution in [1.29, 1.82) is 0 Å². The van der Waals surface area contributed by atoms with Gasteiger partial charge in [-0.2, -0.15) is 4.39 Å². The van der Waals surface area contributed by atoms with Gasteiger partial charge < -0.3 is 16.8 Å². The molecule has 0 unspecified atom stereocenters. The molecule has 2 aromatic heterocycles. The van der Waals surface area contributed by atoms with E-state index in [1.165, 1.54) is 23.2 Å². The molecular weight excluding hydrogens is 369 g/mol. The number of urea groups is 1. The van der Waals surface area contributed by atoms with Crippen LogP contribution in [0.2, 0.25) is 0 Å². The standard InChI is InChI=1S/C18H18FN5O2S/c19-15-6-4-11(9-23-15)3-5-13-8-14(16(27-13)17(20)25)24(18(21)26)12-2-1-7-22-10-12/h4,6,8-9,12,22H,1-2,7,10H2,(H2,20,25)(H2,21,26)/t12-/m0/s1. The van der Waals surface area contributed by atoms with Crippen molar-refractivity contribution in [3.8, 4) is 11.8 Å². The Morgan fingerprint density at radius 1 is 1.33 bits per heavy atom. The fraction of sp³-hybridized carbons (Fsp3) is 0.278. The van der Waals surface area contributed by atoms with Gasteiger partial charge in [0.1, 0.15) is 4.88 Å². The normalized spacial score (nSPS) is 16.3. The number of halogens is 1. The number of amides is 3. The first-order valence-corrected chi connectivity index (χ1v) is 9.14. The van der Waals surface area contributed by atoms with Crippen LogP contribution in [0, 0.1) is 17.8 Å². The van der Waals surface area contributed by atoms with E-state index in [-0.39, 0.29) is 10.9 Å². The number of rotatable bonds is 3. The second-order valence-electron chi connectivity index (χ2n) is 6.02. The highest BCUT2D eigenvalue weighted by atomic mass is 32.1. The zero-order valence-corrected chi connectivity index (χ0v) is 15.2. The van der Waals surface area contributed by atoms with E-state index in [9.17, 15) is 14.0 Å². The molecule has 0 aromatic carbocycles. The monoisotopic (exact) mass is 387 g/mol. The van der Waals surface area contributed by atoms with Gasteiger partial charge in [0, 0.05) is 18.3 Å². The number of hydrogen-bond donors (Lipinski definition) is 3. The van der Waals surface area contributed by atoms with Crippen LogP contribution in [-0.2, 0) is 0 Å². The summed E-state index contributed by atoms with van der Waals surface area (Å²) < 4.78 is 12.9. The Balaban J connectivity index is 1.96. The molecule has 3 amide bonds. The predicted molar refractivity (Wildman–Crippen MR) is 101 cm³/mol. The summed E-state index contributed by atoms with van der Waals surface area (Å²) >= 11 is 1.09. The van der Waals surface area contributed by atoms with E-state index in [4.69, 9.17) is 11.5 Å². The van der Waals surface area contributed by atoms with E-state index in [1.807, 2.05) is 0 Å². The molecule has 2 aromatic rings. The summed E-state index contributed by atoms with van der Waals surface area (Å²) in [7, 11) is 0. The summed E-state index contributed by atoms with van der Waals surface area (Å²) in [6.07, 6.45) is 2.98. The third-order valence-corrected chi connectivity index (χ3v) is 5.18. The minimum atomic E-state index is -0.651. The number of carbonyl (C=O) groups excluding carboxylic acids is 2. The summed E-state index contributed by atoms with van der Waals surface area (Å²) in [5.41, 5.74) is 12.0. The molecule has 0 aliphatic carbocycles. The van der Waals surface area contributed by atoms with Crippen LogP contribution in [-0.4, -0.2) is 36.1 Å². The lowest BCUT2D eigenvalue weighted by Gasteiger charge is -2.33. The predicted octanol–water partition coefficient (Wildman–Crippen LogP) is 1.42. The number of nitrogens with one attached hydrogen (secondary N) is 1. The summed E-state index contributed by atoms with van der Waals surface area (Å²) in [5, 5.41) is 3.22. The Morgan fingerprint density at radius 3 is 2.74 bits per heavy atom. The maximum absolute atomic E-state index is 12.9. The summed E-state index contributed by atoms with van der Waals surface area (Å²) in [6, 6.07) is 3.54. The SMILES string of the molecule is NC(=O)c1sc(C#Cc2ccc(F)nc2)cc1N(C(N)=O)[C@H]1CCCNC1. The zero-order valence-electron chi connectivity index (χ0n) is 14.4. The Labute approximate surface area is 159 Å². The number of pyridine rings is 1. The first-order chi connectivity index (χ1) is 13.0. The van der Waals surface area contributed by atoms with E-state index < -0.39 is 17.9 Å². The van der Waals surface area contributed by atoms with Crippen molar-refractivity contribution in [2.24, 2.45) is 11.5 Å². The van der Waals surface area contributed by atoms with Gasteiger partial charge in [-0.1, -0.05) is 11.8 Å². The molecule has 3 heterocycles. The van der Waals surface area contributed by atoms with Gasteiger partial charge in [0.2, 0.25) is 5.95 Å². The largest absolute Gasteiger partial charge is 0.365 e. The fourth-order valence-corrected chi connectivity index (χ4v) is 3.79. The van der Waals surface area contributed by atoms with Crippen LogP contribution in [0.25, 0.3) is 0 Å². The number of nitrogens with zero attached hydrogens (tertiary/aromatic N) is 2. The first kappa shape index (κ1) is 18.8. The second kappa shape index (κ2) is 8.16. The summed E-state index contributed by atoms with van der Waals surface area (Å²) in [5.74, 6) is 4.50. The number of carbonyl (C=O) groups is 2. The van der Waals surface area contributed by atoms with Crippen LogP contribution in [0.15, 0.2) is 24.4 Å². The molecule has 27 heavy (non-hydrogen) atoms. The van der Waals surface area contributed by atoms with Crippen molar-refractivity contribution >= 4 is 29.0 Å². The van der Waals surface area contributed by atoms with Gasteiger partial charge in [-0.15, -0.1) is 11.3 Å². The molecule has 1 aliphatic heterocycles. The Kier molecular flexibility index (Phi) is 5.69. The molecule has 1 aliphatic rings. The maximum atomic E-state index is 12.9. The van der Waals surface area contributed by atoms with Crippen molar-refractivity contribution in [3.63, 3.8) is 0 Å². The molecule has 0 saturated carbocycles. The number of nitrogens with two attached hydrogens (primary N) is 2. The van der Waals surface area contributed by atoms with E-state index in [1.54, 1.807) is 6.07 Å². The molecule has 0 radical (unpaired) electrons. The van der Waals surface area contributed by atoms with Crippen LogP contribution < -0.4 is 21.7 Å². The maximum Gasteiger partial charge on any atom is 0.319 e. The highest BCUT2D eigenvalue weighted by molar-refractivity contribution is 7.15. The quantitative estimate of drug-likeness (QED) is 0.546. The van der Waals surface area contributed by atoms with Crippen LogP contribution in [0.5, 0.6) is 0 Å². The highest BCUT2D eigenvalue weighted by Gasteiger charge is 2.29. The average molecular weight is 387 g/mol. The fourth-order valence-electron chi connectivity index (χ4n) is 2.93. The molecule has 5 N–H and O–H groups in total. The summed E-state index contributed by atoms with van der Waals surface area (Å²) in [4.78, 5) is 29.7. The van der Waals surface area contributed by atoms with Crippen molar-refractivity contribution in [3.05, 3.63) is 45.7 Å². The lowest BCUT2D eigenvalue weighted by Crippen LogP contribution is -2.51. The highest BCUT2D eigenvalue weighted by Crippen LogP contribution is 2.32. The van der Waals surface area contributed by atoms with Gasteiger partial charge in [0.05, 0.1) is 16.6 Å². The van der Waals surface area contributed by atoms with Crippen LogP contribution in [0.1, 0.15) is 33.0 Å². The van der Waals surface area contributed by atoms with Gasteiger partial charge in [0.25, 0.3) is 5.91 Å². The van der Waals surface area contributed by atoms with Crippen molar-refractivity contribution in [2.45, 2.75) is 18.9 Å². The van der Waals surface area contributed by atoms with Crippen molar-refractivity contribution in [1.82, 2.24) is 10.3 Å². The van der Waals surface area contributed by atoms with E-state index >= 15 is 0 Å².